The molecule has 88 valence electrons. The zero-order valence-electron chi connectivity index (χ0n) is 8.87. The Kier molecular flexibility index (Phi) is 2.98. The molecular formula is C11H15FN2O2. The minimum absolute atomic E-state index is 0.321. The molecule has 1 atom stereocenters. The molecule has 0 aliphatic carbocycles. The van der Waals surface area contributed by atoms with Crippen LogP contribution in [0.1, 0.15) is 6.42 Å². The van der Waals surface area contributed by atoms with Crippen LogP contribution in [0.15, 0.2) is 18.2 Å². The van der Waals surface area contributed by atoms with E-state index in [1.807, 2.05) is 0 Å². The minimum atomic E-state index is -0.846. The summed E-state index contributed by atoms with van der Waals surface area (Å²) in [6.07, 6.45) is 0.598. The molecule has 0 amide bonds. The number of hydrogen-bond acceptors (Lipinski definition) is 4. The van der Waals surface area contributed by atoms with Gasteiger partial charge in [-0.05, 0) is 18.2 Å². The third-order valence-corrected chi connectivity index (χ3v) is 2.70. The van der Waals surface area contributed by atoms with Crippen LogP contribution in [0.2, 0.25) is 0 Å². The summed E-state index contributed by atoms with van der Waals surface area (Å²) in [5, 5.41) is 13.0. The van der Waals surface area contributed by atoms with Crippen LogP contribution in [0.4, 0.5) is 15.8 Å². The Balaban J connectivity index is 1.99. The molecule has 0 radical (unpaired) electrons. The first-order valence-corrected chi connectivity index (χ1v) is 5.18. The van der Waals surface area contributed by atoms with E-state index in [2.05, 4.69) is 5.32 Å². The normalized spacial score (nSPS) is 24.6. The summed E-state index contributed by atoms with van der Waals surface area (Å²) in [5.74, 6) is -0.369. The van der Waals surface area contributed by atoms with Crippen LogP contribution in [-0.4, -0.2) is 30.5 Å². The Labute approximate surface area is 93.2 Å². The number of nitrogens with one attached hydrogen (secondary N) is 1. The summed E-state index contributed by atoms with van der Waals surface area (Å²) in [7, 11) is 0. The molecule has 1 aliphatic rings. The van der Waals surface area contributed by atoms with Crippen molar-refractivity contribution in [2.75, 3.05) is 30.8 Å². The summed E-state index contributed by atoms with van der Waals surface area (Å²) in [6, 6.07) is 4.13. The maximum Gasteiger partial charge on any atom is 0.125 e. The molecule has 2 rings (SSSR count). The molecule has 0 spiro atoms. The SMILES string of the molecule is Nc1cc(F)ccc1NCC1(O)CCOC1. The van der Waals surface area contributed by atoms with Crippen LogP contribution in [0.25, 0.3) is 0 Å². The first-order chi connectivity index (χ1) is 7.59. The van der Waals surface area contributed by atoms with Gasteiger partial charge in [0.2, 0.25) is 0 Å². The van der Waals surface area contributed by atoms with Crippen LogP contribution >= 0.6 is 0 Å². The second-order valence-electron chi connectivity index (χ2n) is 4.11. The van der Waals surface area contributed by atoms with Gasteiger partial charge in [-0.25, -0.2) is 4.39 Å². The van der Waals surface area contributed by atoms with E-state index in [1.54, 1.807) is 6.07 Å². The van der Waals surface area contributed by atoms with E-state index in [0.717, 1.165) is 0 Å². The Morgan fingerprint density at radius 1 is 1.56 bits per heavy atom. The number of aliphatic hydroxyl groups is 1. The van der Waals surface area contributed by atoms with Gasteiger partial charge in [-0.15, -0.1) is 0 Å². The van der Waals surface area contributed by atoms with E-state index >= 15 is 0 Å². The molecule has 1 heterocycles. The maximum atomic E-state index is 12.8. The van der Waals surface area contributed by atoms with Gasteiger partial charge in [0.25, 0.3) is 0 Å². The average Bonchev–Trinajstić information content (AvgIpc) is 2.64. The fourth-order valence-corrected chi connectivity index (χ4v) is 1.69. The van der Waals surface area contributed by atoms with Crippen LogP contribution in [0.3, 0.4) is 0 Å². The van der Waals surface area contributed by atoms with Gasteiger partial charge in [0.15, 0.2) is 0 Å². The lowest BCUT2D eigenvalue weighted by Crippen LogP contribution is -2.37. The van der Waals surface area contributed by atoms with Crippen LogP contribution in [0, 0.1) is 5.82 Å². The van der Waals surface area contributed by atoms with Crippen molar-refractivity contribution in [2.45, 2.75) is 12.0 Å². The van der Waals surface area contributed by atoms with Gasteiger partial charge in [-0.3, -0.25) is 0 Å². The van der Waals surface area contributed by atoms with Crippen molar-refractivity contribution in [3.05, 3.63) is 24.0 Å². The monoisotopic (exact) mass is 226 g/mol. The molecular weight excluding hydrogens is 211 g/mol. The topological polar surface area (TPSA) is 67.5 Å². The molecule has 1 aliphatic heterocycles. The fraction of sp³-hybridized carbons (Fsp3) is 0.455. The number of nitrogens with two attached hydrogens (primary N) is 1. The van der Waals surface area contributed by atoms with Crippen molar-refractivity contribution in [1.29, 1.82) is 0 Å². The van der Waals surface area contributed by atoms with Crippen LogP contribution in [-0.2, 0) is 4.74 Å². The van der Waals surface area contributed by atoms with Crippen molar-refractivity contribution in [3.8, 4) is 0 Å². The molecule has 1 aromatic carbocycles. The summed E-state index contributed by atoms with van der Waals surface area (Å²) in [6.45, 7) is 1.24. The molecule has 1 unspecified atom stereocenters. The van der Waals surface area contributed by atoms with Gasteiger partial charge in [0.05, 0.1) is 18.0 Å². The van der Waals surface area contributed by atoms with Gasteiger partial charge < -0.3 is 20.9 Å². The van der Waals surface area contributed by atoms with E-state index in [-0.39, 0.29) is 5.82 Å². The lowest BCUT2D eigenvalue weighted by molar-refractivity contribution is 0.0382. The molecule has 1 fully saturated rings. The van der Waals surface area contributed by atoms with Crippen molar-refractivity contribution in [3.63, 3.8) is 0 Å². The highest BCUT2D eigenvalue weighted by Crippen LogP contribution is 2.23. The Bertz CT molecular complexity index is 378. The van der Waals surface area contributed by atoms with Crippen molar-refractivity contribution in [1.82, 2.24) is 0 Å². The zero-order chi connectivity index (χ0) is 11.6. The molecule has 0 saturated carbocycles. The number of anilines is 2. The second kappa shape index (κ2) is 4.27. The quantitative estimate of drug-likeness (QED) is 0.672. The highest BCUT2D eigenvalue weighted by Gasteiger charge is 2.31. The molecule has 0 aromatic heterocycles. The third kappa shape index (κ3) is 2.43. The number of hydrogen-bond donors (Lipinski definition) is 3. The average molecular weight is 226 g/mol. The molecule has 1 saturated heterocycles. The third-order valence-electron chi connectivity index (χ3n) is 2.70. The standard InChI is InChI=1S/C11H15FN2O2/c12-8-1-2-10(9(13)5-8)14-6-11(15)3-4-16-7-11/h1-2,5,14-15H,3-4,6-7,13H2. The van der Waals surface area contributed by atoms with Crippen molar-refractivity contribution < 1.29 is 14.2 Å². The van der Waals surface area contributed by atoms with E-state index in [4.69, 9.17) is 10.5 Å². The Hall–Kier alpha value is -1.33. The van der Waals surface area contributed by atoms with Gasteiger partial charge in [-0.2, -0.15) is 0 Å². The highest BCUT2D eigenvalue weighted by atomic mass is 19.1. The van der Waals surface area contributed by atoms with E-state index in [0.29, 0.717) is 37.6 Å². The summed E-state index contributed by atoms with van der Waals surface area (Å²) in [5.41, 5.74) is 5.75. The summed E-state index contributed by atoms with van der Waals surface area (Å²) >= 11 is 0. The second-order valence-corrected chi connectivity index (χ2v) is 4.11. The maximum absolute atomic E-state index is 12.8. The predicted octanol–water partition coefficient (Wildman–Crippen LogP) is 0.971. The number of halogens is 1. The highest BCUT2D eigenvalue weighted by molar-refractivity contribution is 5.65. The minimum Gasteiger partial charge on any atom is -0.397 e. The lowest BCUT2D eigenvalue weighted by atomic mass is 10.0. The van der Waals surface area contributed by atoms with Gasteiger partial charge >= 0.3 is 0 Å². The van der Waals surface area contributed by atoms with E-state index < -0.39 is 5.60 Å². The van der Waals surface area contributed by atoms with Crippen molar-refractivity contribution >= 4 is 11.4 Å². The summed E-state index contributed by atoms with van der Waals surface area (Å²) < 4.78 is 17.9. The zero-order valence-corrected chi connectivity index (χ0v) is 8.87. The molecule has 4 nitrogen and oxygen atoms in total. The van der Waals surface area contributed by atoms with Crippen LogP contribution < -0.4 is 11.1 Å². The summed E-state index contributed by atoms with van der Waals surface area (Å²) in [4.78, 5) is 0. The molecule has 5 heteroatoms. The molecule has 0 bridgehead atoms. The van der Waals surface area contributed by atoms with Gasteiger partial charge in [0.1, 0.15) is 11.4 Å². The van der Waals surface area contributed by atoms with Crippen molar-refractivity contribution in [2.24, 2.45) is 0 Å². The van der Waals surface area contributed by atoms with Crippen LogP contribution in [0.5, 0.6) is 0 Å². The fourth-order valence-electron chi connectivity index (χ4n) is 1.69. The molecule has 16 heavy (non-hydrogen) atoms. The number of nitrogen functional groups attached to an aromatic ring is 1. The van der Waals surface area contributed by atoms with Gasteiger partial charge in [-0.1, -0.05) is 0 Å². The number of ether oxygens (including phenoxy) is 1. The number of benzene rings is 1. The smallest absolute Gasteiger partial charge is 0.125 e. The first-order valence-electron chi connectivity index (χ1n) is 5.18. The Morgan fingerprint density at radius 3 is 3.00 bits per heavy atom. The first kappa shape index (κ1) is 11.2. The number of rotatable bonds is 3. The van der Waals surface area contributed by atoms with E-state index in [1.165, 1.54) is 12.1 Å². The predicted molar refractivity (Wildman–Crippen MR) is 59.7 cm³/mol. The largest absolute Gasteiger partial charge is 0.397 e. The van der Waals surface area contributed by atoms with E-state index in [9.17, 15) is 9.50 Å². The Morgan fingerprint density at radius 2 is 2.38 bits per heavy atom. The molecule has 1 aromatic rings. The lowest BCUT2D eigenvalue weighted by Gasteiger charge is -2.21. The van der Waals surface area contributed by atoms with Gasteiger partial charge in [0, 0.05) is 19.6 Å². The molecule has 4 N–H and O–H groups in total.